The van der Waals surface area contributed by atoms with Crippen LogP contribution >= 0.6 is 12.6 Å². The van der Waals surface area contributed by atoms with Gasteiger partial charge < -0.3 is 13.3 Å². The second-order valence-electron chi connectivity index (χ2n) is 3.17. The van der Waals surface area contributed by atoms with Crippen LogP contribution in [0.3, 0.4) is 0 Å². The van der Waals surface area contributed by atoms with Gasteiger partial charge in [0.05, 0.1) is 11.3 Å². The van der Waals surface area contributed by atoms with Crippen LogP contribution in [0, 0.1) is 11.3 Å². The molecule has 0 saturated carbocycles. The molecule has 0 amide bonds. The second kappa shape index (κ2) is 9.02. The molecule has 0 radical (unpaired) electrons. The van der Waals surface area contributed by atoms with Gasteiger partial charge in [-0.1, -0.05) is 0 Å². The zero-order valence-electron chi connectivity index (χ0n) is 10.2. The predicted octanol–water partition coefficient (Wildman–Crippen LogP) is 2.25. The first-order chi connectivity index (χ1) is 7.64. The molecule has 0 rings (SSSR count). The Kier molecular flexibility index (Phi) is 8.98. The van der Waals surface area contributed by atoms with Gasteiger partial charge in [-0.25, -0.2) is 0 Å². The molecule has 0 aliphatic carbocycles. The van der Waals surface area contributed by atoms with E-state index in [1.807, 2.05) is 20.8 Å². The van der Waals surface area contributed by atoms with Gasteiger partial charge in [0.1, 0.15) is 0 Å². The van der Waals surface area contributed by atoms with Gasteiger partial charge in [0.15, 0.2) is 0 Å². The van der Waals surface area contributed by atoms with Crippen LogP contribution in [-0.2, 0) is 13.3 Å². The van der Waals surface area contributed by atoms with E-state index in [1.165, 1.54) is 0 Å². The van der Waals surface area contributed by atoms with Crippen LogP contribution in [0.15, 0.2) is 0 Å². The Labute approximate surface area is 105 Å². The van der Waals surface area contributed by atoms with Crippen molar-refractivity contribution in [2.24, 2.45) is 0 Å². The first kappa shape index (κ1) is 15.9. The van der Waals surface area contributed by atoms with E-state index in [0.717, 1.165) is 0 Å². The lowest BCUT2D eigenvalue weighted by Crippen LogP contribution is -2.46. The van der Waals surface area contributed by atoms with Gasteiger partial charge in [-0.3, -0.25) is 0 Å². The van der Waals surface area contributed by atoms with Crippen LogP contribution in [0.4, 0.5) is 0 Å². The summed E-state index contributed by atoms with van der Waals surface area (Å²) in [5.74, 6) is 0. The Balaban J connectivity index is 4.41. The van der Waals surface area contributed by atoms with E-state index in [0.29, 0.717) is 32.3 Å². The van der Waals surface area contributed by atoms with Crippen molar-refractivity contribution in [3.8, 4) is 6.07 Å². The molecule has 0 aromatic rings. The van der Waals surface area contributed by atoms with Gasteiger partial charge in [0.25, 0.3) is 0 Å². The minimum absolute atomic E-state index is 0.284. The van der Waals surface area contributed by atoms with Gasteiger partial charge in [0.2, 0.25) is 0 Å². The molecule has 1 atom stereocenters. The molecular formula is C10H21NO3SSi. The summed E-state index contributed by atoms with van der Waals surface area (Å²) < 4.78 is 17.0. The highest BCUT2D eigenvalue weighted by Crippen LogP contribution is 2.20. The zero-order valence-corrected chi connectivity index (χ0v) is 12.1. The Morgan fingerprint density at radius 2 is 1.56 bits per heavy atom. The molecule has 0 N–H and O–H groups in total. The molecule has 0 spiro atoms. The highest BCUT2D eigenvalue weighted by atomic mass is 32.1. The van der Waals surface area contributed by atoms with Crippen molar-refractivity contribution in [2.45, 2.75) is 38.5 Å². The predicted molar refractivity (Wildman–Crippen MR) is 68.4 cm³/mol. The van der Waals surface area contributed by atoms with Crippen molar-refractivity contribution >= 4 is 21.4 Å². The van der Waals surface area contributed by atoms with Crippen molar-refractivity contribution in [2.75, 3.05) is 19.8 Å². The monoisotopic (exact) mass is 263 g/mol. The number of rotatable bonds is 9. The fourth-order valence-electron chi connectivity index (χ4n) is 1.38. The number of hydrogen-bond acceptors (Lipinski definition) is 5. The Morgan fingerprint density at radius 3 is 1.88 bits per heavy atom. The number of hydrogen-bond donors (Lipinski definition) is 1. The van der Waals surface area contributed by atoms with E-state index in [4.69, 9.17) is 18.5 Å². The molecule has 0 fully saturated rings. The third kappa shape index (κ3) is 5.87. The molecule has 0 aliphatic heterocycles. The van der Waals surface area contributed by atoms with Gasteiger partial charge in [-0.2, -0.15) is 17.9 Å². The van der Waals surface area contributed by atoms with E-state index in [-0.39, 0.29) is 5.25 Å². The maximum Gasteiger partial charge on any atom is 0.501 e. The number of nitrogens with zero attached hydrogens (tertiary/aromatic N) is 1. The van der Waals surface area contributed by atoms with Crippen LogP contribution in [0.2, 0.25) is 6.04 Å². The molecule has 1 unspecified atom stereocenters. The quantitative estimate of drug-likeness (QED) is 0.512. The SMILES string of the molecule is CCO[Si](CCC(S)C#N)(OCC)OCC. The van der Waals surface area contributed by atoms with E-state index < -0.39 is 8.80 Å². The fraction of sp³-hybridized carbons (Fsp3) is 0.900. The highest BCUT2D eigenvalue weighted by molar-refractivity contribution is 7.81. The normalized spacial score (nSPS) is 13.4. The molecular weight excluding hydrogens is 242 g/mol. The topological polar surface area (TPSA) is 51.5 Å². The third-order valence-electron chi connectivity index (χ3n) is 1.97. The largest absolute Gasteiger partial charge is 0.501 e. The van der Waals surface area contributed by atoms with Gasteiger partial charge >= 0.3 is 8.80 Å². The molecule has 4 nitrogen and oxygen atoms in total. The highest BCUT2D eigenvalue weighted by Gasteiger charge is 2.40. The lowest BCUT2D eigenvalue weighted by molar-refractivity contribution is 0.0710. The fourth-order valence-corrected chi connectivity index (χ4v) is 4.40. The maximum absolute atomic E-state index is 8.69. The summed E-state index contributed by atoms with van der Waals surface area (Å²) in [5.41, 5.74) is 0. The lowest BCUT2D eigenvalue weighted by atomic mass is 10.4. The Morgan fingerprint density at radius 1 is 1.12 bits per heavy atom. The van der Waals surface area contributed by atoms with E-state index in [2.05, 4.69) is 18.7 Å². The molecule has 0 saturated heterocycles. The van der Waals surface area contributed by atoms with Crippen molar-refractivity contribution in [3.05, 3.63) is 0 Å². The Hall–Kier alpha value is -0.0631. The minimum atomic E-state index is -2.57. The molecule has 0 aliphatic rings. The standard InChI is InChI=1S/C10H21NO3SSi/c1-4-12-16(13-5-2,14-6-3)8-7-10(15)9-11/h10,15H,4-8H2,1-3H3. The molecule has 0 bridgehead atoms. The molecule has 94 valence electrons. The summed E-state index contributed by atoms with van der Waals surface area (Å²) in [6.07, 6.45) is 0.631. The summed E-state index contributed by atoms with van der Waals surface area (Å²) in [6.45, 7) is 7.45. The summed E-state index contributed by atoms with van der Waals surface area (Å²) in [4.78, 5) is 0. The van der Waals surface area contributed by atoms with Crippen LogP contribution in [0.1, 0.15) is 27.2 Å². The molecule has 0 heterocycles. The van der Waals surface area contributed by atoms with Gasteiger partial charge in [-0.15, -0.1) is 0 Å². The Bertz CT molecular complexity index is 206. The summed E-state index contributed by atoms with van der Waals surface area (Å²) in [7, 11) is -2.57. The average Bonchev–Trinajstić information content (AvgIpc) is 2.27. The zero-order chi connectivity index (χ0) is 12.4. The lowest BCUT2D eigenvalue weighted by Gasteiger charge is -2.28. The minimum Gasteiger partial charge on any atom is -0.374 e. The molecule has 16 heavy (non-hydrogen) atoms. The van der Waals surface area contributed by atoms with Crippen LogP contribution in [0.5, 0.6) is 0 Å². The number of thiol groups is 1. The van der Waals surface area contributed by atoms with E-state index >= 15 is 0 Å². The number of nitriles is 1. The molecule has 0 aromatic carbocycles. The van der Waals surface area contributed by atoms with E-state index in [9.17, 15) is 0 Å². The molecule has 6 heteroatoms. The summed E-state index contributed by atoms with van der Waals surface area (Å²) in [5, 5.41) is 8.40. The van der Waals surface area contributed by atoms with Gasteiger partial charge in [0, 0.05) is 25.9 Å². The van der Waals surface area contributed by atoms with E-state index in [1.54, 1.807) is 0 Å². The molecule has 0 aromatic heterocycles. The van der Waals surface area contributed by atoms with Gasteiger partial charge in [-0.05, 0) is 27.2 Å². The van der Waals surface area contributed by atoms with Crippen molar-refractivity contribution in [1.82, 2.24) is 0 Å². The van der Waals surface area contributed by atoms with Crippen molar-refractivity contribution < 1.29 is 13.3 Å². The summed E-state index contributed by atoms with van der Waals surface area (Å²) in [6, 6.07) is 2.73. The first-order valence-corrected chi connectivity index (χ1v) is 8.08. The smallest absolute Gasteiger partial charge is 0.374 e. The third-order valence-corrected chi connectivity index (χ3v) is 5.43. The van der Waals surface area contributed by atoms with Crippen LogP contribution in [0.25, 0.3) is 0 Å². The van der Waals surface area contributed by atoms with Crippen molar-refractivity contribution in [1.29, 1.82) is 5.26 Å². The van der Waals surface area contributed by atoms with Crippen molar-refractivity contribution in [3.63, 3.8) is 0 Å². The van der Waals surface area contributed by atoms with Crippen LogP contribution < -0.4 is 0 Å². The second-order valence-corrected chi connectivity index (χ2v) is 6.52. The first-order valence-electron chi connectivity index (χ1n) is 5.63. The average molecular weight is 263 g/mol. The maximum atomic E-state index is 8.69. The summed E-state index contributed by atoms with van der Waals surface area (Å²) >= 11 is 4.14. The van der Waals surface area contributed by atoms with Crippen LogP contribution in [-0.4, -0.2) is 33.9 Å².